The van der Waals surface area contributed by atoms with Crippen molar-refractivity contribution in [3.63, 3.8) is 0 Å². The van der Waals surface area contributed by atoms with E-state index in [1.165, 1.54) is 24.3 Å². The summed E-state index contributed by atoms with van der Waals surface area (Å²) in [5.74, 6) is -0.822. The number of phenols is 2. The maximum Gasteiger partial charge on any atom is 0.251 e. The number of aryl methyl sites for hydroxylation is 1. The minimum atomic E-state index is -0.714. The number of rotatable bonds is 12. The number of hydrogen-bond donors (Lipinski definition) is 6. The highest BCUT2D eigenvalue weighted by atomic mass is 16.5. The molecule has 38 heavy (non-hydrogen) atoms. The van der Waals surface area contributed by atoms with E-state index in [1.807, 2.05) is 6.07 Å². The van der Waals surface area contributed by atoms with Crippen molar-refractivity contribution < 1.29 is 39.2 Å². The molecule has 2 aromatic rings. The first-order valence-corrected chi connectivity index (χ1v) is 12.6. The Kier molecular flexibility index (Phi) is 10.9. The van der Waals surface area contributed by atoms with E-state index in [4.69, 9.17) is 9.47 Å². The zero-order valence-corrected chi connectivity index (χ0v) is 21.3. The van der Waals surface area contributed by atoms with Crippen LogP contribution in [0.1, 0.15) is 35.7 Å². The SMILES string of the molecule is CCOC1C(NC(=O)CCNC(=O)c2ccc(O)cc2)COC(CO)[C@@H]1NC(=O)CCc1cccc(O)c1. The van der Waals surface area contributed by atoms with Crippen molar-refractivity contribution >= 4 is 17.7 Å². The van der Waals surface area contributed by atoms with Gasteiger partial charge in [-0.15, -0.1) is 0 Å². The van der Waals surface area contributed by atoms with Crippen LogP contribution in [0.25, 0.3) is 0 Å². The first-order chi connectivity index (χ1) is 18.3. The molecule has 206 valence electrons. The van der Waals surface area contributed by atoms with Gasteiger partial charge in [-0.05, 0) is 55.3 Å². The summed E-state index contributed by atoms with van der Waals surface area (Å²) < 4.78 is 11.6. The molecule has 4 atom stereocenters. The van der Waals surface area contributed by atoms with Gasteiger partial charge in [-0.2, -0.15) is 0 Å². The summed E-state index contributed by atoms with van der Waals surface area (Å²) in [7, 11) is 0. The van der Waals surface area contributed by atoms with Crippen LogP contribution < -0.4 is 16.0 Å². The lowest BCUT2D eigenvalue weighted by Crippen LogP contribution is -2.66. The van der Waals surface area contributed by atoms with Crippen LogP contribution in [0.2, 0.25) is 0 Å². The van der Waals surface area contributed by atoms with Gasteiger partial charge in [-0.1, -0.05) is 12.1 Å². The van der Waals surface area contributed by atoms with Crippen molar-refractivity contribution in [2.24, 2.45) is 0 Å². The van der Waals surface area contributed by atoms with Gasteiger partial charge in [0.15, 0.2) is 0 Å². The van der Waals surface area contributed by atoms with Crippen molar-refractivity contribution in [1.82, 2.24) is 16.0 Å². The maximum atomic E-state index is 12.7. The Labute approximate surface area is 221 Å². The second kappa shape index (κ2) is 14.3. The Morgan fingerprint density at radius 2 is 1.74 bits per heavy atom. The number of carbonyl (C=O) groups excluding carboxylic acids is 3. The Morgan fingerprint density at radius 3 is 2.42 bits per heavy atom. The smallest absolute Gasteiger partial charge is 0.251 e. The van der Waals surface area contributed by atoms with Crippen molar-refractivity contribution in [3.05, 3.63) is 59.7 Å². The molecular formula is C27H35N3O8. The van der Waals surface area contributed by atoms with Crippen molar-refractivity contribution in [3.8, 4) is 11.5 Å². The van der Waals surface area contributed by atoms with Gasteiger partial charge in [-0.25, -0.2) is 0 Å². The molecule has 2 aromatic carbocycles. The number of aromatic hydroxyl groups is 2. The molecule has 0 bridgehead atoms. The van der Waals surface area contributed by atoms with E-state index < -0.39 is 24.3 Å². The molecule has 1 aliphatic rings. The predicted octanol–water partition coefficient (Wildman–Crippen LogP) is 0.616. The zero-order chi connectivity index (χ0) is 27.5. The molecule has 3 unspecified atom stereocenters. The highest BCUT2D eigenvalue weighted by molar-refractivity contribution is 5.94. The molecule has 3 amide bonds. The second-order valence-electron chi connectivity index (χ2n) is 8.96. The highest BCUT2D eigenvalue weighted by Gasteiger charge is 2.42. The number of amides is 3. The fourth-order valence-electron chi connectivity index (χ4n) is 4.28. The van der Waals surface area contributed by atoms with Gasteiger partial charge in [0.1, 0.15) is 23.7 Å². The highest BCUT2D eigenvalue weighted by Crippen LogP contribution is 2.20. The predicted molar refractivity (Wildman–Crippen MR) is 138 cm³/mol. The third-order valence-corrected chi connectivity index (χ3v) is 6.17. The van der Waals surface area contributed by atoms with Crippen molar-refractivity contribution in [2.75, 3.05) is 26.4 Å². The van der Waals surface area contributed by atoms with Crippen LogP contribution in [-0.2, 0) is 25.5 Å². The molecule has 11 nitrogen and oxygen atoms in total. The fraction of sp³-hybridized carbons (Fsp3) is 0.444. The van der Waals surface area contributed by atoms with Gasteiger partial charge in [0.2, 0.25) is 11.8 Å². The van der Waals surface area contributed by atoms with E-state index in [9.17, 15) is 29.7 Å². The lowest BCUT2D eigenvalue weighted by atomic mass is 9.94. The summed E-state index contributed by atoms with van der Waals surface area (Å²) in [5, 5.41) is 37.2. The standard InChI is InChI=1S/C27H35N3O8/c1-2-37-26-21(29-24(35)12-13-28-27(36)18-7-9-19(32)10-8-18)16-38-22(15-31)25(26)30-23(34)11-6-17-4-3-5-20(33)14-17/h3-5,7-10,14,21-22,25-26,31-33H,2,6,11-13,15-16H2,1H3,(H,28,36)(H,29,35)(H,30,34)/t21?,22?,25-,26?/m0/s1. The van der Waals surface area contributed by atoms with Crippen LogP contribution in [0.4, 0.5) is 0 Å². The zero-order valence-electron chi connectivity index (χ0n) is 21.3. The topological polar surface area (TPSA) is 166 Å². The Morgan fingerprint density at radius 1 is 1.00 bits per heavy atom. The molecule has 0 spiro atoms. The Hall–Kier alpha value is -3.67. The van der Waals surface area contributed by atoms with E-state index in [1.54, 1.807) is 25.1 Å². The third-order valence-electron chi connectivity index (χ3n) is 6.17. The van der Waals surface area contributed by atoms with Crippen LogP contribution in [-0.4, -0.2) is 83.7 Å². The molecule has 0 radical (unpaired) electrons. The number of aliphatic hydroxyl groups is 1. The number of phenolic OH excluding ortho intramolecular Hbond substituents is 2. The summed E-state index contributed by atoms with van der Waals surface area (Å²) in [5.41, 5.74) is 1.17. The molecule has 0 aromatic heterocycles. The Bertz CT molecular complexity index is 1080. The summed E-state index contributed by atoms with van der Waals surface area (Å²) in [6.45, 7) is 1.94. The molecule has 0 aliphatic carbocycles. The monoisotopic (exact) mass is 529 g/mol. The van der Waals surface area contributed by atoms with Gasteiger partial charge in [0, 0.05) is 31.6 Å². The molecule has 1 aliphatic heterocycles. The van der Waals surface area contributed by atoms with Crippen molar-refractivity contribution in [2.45, 2.75) is 50.5 Å². The quantitative estimate of drug-likeness (QED) is 0.233. The molecule has 1 fully saturated rings. The van der Waals surface area contributed by atoms with Crippen LogP contribution in [0.3, 0.4) is 0 Å². The number of carbonyl (C=O) groups is 3. The number of nitrogens with one attached hydrogen (secondary N) is 3. The lowest BCUT2D eigenvalue weighted by molar-refractivity contribution is -0.146. The molecule has 3 rings (SSSR count). The largest absolute Gasteiger partial charge is 0.508 e. The molecule has 0 saturated carbocycles. The average Bonchev–Trinajstić information content (AvgIpc) is 2.90. The molecular weight excluding hydrogens is 494 g/mol. The molecule has 1 heterocycles. The molecule has 11 heteroatoms. The van der Waals surface area contributed by atoms with Gasteiger partial charge < -0.3 is 40.7 Å². The normalized spacial score (nSPS) is 20.9. The van der Waals surface area contributed by atoms with E-state index in [0.29, 0.717) is 18.6 Å². The van der Waals surface area contributed by atoms with Gasteiger partial charge in [0.25, 0.3) is 5.91 Å². The Balaban J connectivity index is 1.54. The first-order valence-electron chi connectivity index (χ1n) is 12.6. The second-order valence-corrected chi connectivity index (χ2v) is 8.96. The van der Waals surface area contributed by atoms with E-state index in [2.05, 4.69) is 16.0 Å². The fourth-order valence-corrected chi connectivity index (χ4v) is 4.28. The van der Waals surface area contributed by atoms with Gasteiger partial charge in [-0.3, -0.25) is 14.4 Å². The number of ether oxygens (including phenoxy) is 2. The minimum Gasteiger partial charge on any atom is -0.508 e. The number of benzene rings is 2. The van der Waals surface area contributed by atoms with Crippen LogP contribution in [0.5, 0.6) is 11.5 Å². The summed E-state index contributed by atoms with van der Waals surface area (Å²) >= 11 is 0. The van der Waals surface area contributed by atoms with E-state index in [0.717, 1.165) is 5.56 Å². The molecule has 6 N–H and O–H groups in total. The number of aliphatic hydroxyl groups excluding tert-OH is 1. The maximum absolute atomic E-state index is 12.7. The lowest BCUT2D eigenvalue weighted by Gasteiger charge is -2.42. The van der Waals surface area contributed by atoms with Crippen LogP contribution in [0, 0.1) is 0 Å². The average molecular weight is 530 g/mol. The van der Waals surface area contributed by atoms with E-state index in [-0.39, 0.29) is 61.8 Å². The van der Waals surface area contributed by atoms with Gasteiger partial charge >= 0.3 is 0 Å². The van der Waals surface area contributed by atoms with E-state index >= 15 is 0 Å². The van der Waals surface area contributed by atoms with Crippen LogP contribution >= 0.6 is 0 Å². The molecule has 1 saturated heterocycles. The number of hydrogen-bond acceptors (Lipinski definition) is 8. The van der Waals surface area contributed by atoms with Gasteiger partial charge in [0.05, 0.1) is 25.3 Å². The summed E-state index contributed by atoms with van der Waals surface area (Å²) in [6.07, 6.45) is -0.800. The summed E-state index contributed by atoms with van der Waals surface area (Å²) in [6, 6.07) is 11.1. The van der Waals surface area contributed by atoms with Crippen molar-refractivity contribution in [1.29, 1.82) is 0 Å². The summed E-state index contributed by atoms with van der Waals surface area (Å²) in [4.78, 5) is 37.6. The third kappa shape index (κ3) is 8.44. The van der Waals surface area contributed by atoms with Crippen LogP contribution in [0.15, 0.2) is 48.5 Å². The first kappa shape index (κ1) is 28.9. The minimum absolute atomic E-state index is 0.00352.